The minimum Gasteiger partial charge on any atom is -0.406 e. The third-order valence-corrected chi connectivity index (χ3v) is 4.03. The average Bonchev–Trinajstić information content (AvgIpc) is 2.56. The lowest BCUT2D eigenvalue weighted by Gasteiger charge is -2.32. The molecule has 0 amide bonds. The van der Waals surface area contributed by atoms with Crippen molar-refractivity contribution >= 4 is 30.7 Å². The van der Waals surface area contributed by atoms with Gasteiger partial charge in [0, 0.05) is 24.3 Å². The number of alkyl halides is 3. The highest BCUT2D eigenvalue weighted by Crippen LogP contribution is 2.37. The van der Waals surface area contributed by atoms with Crippen LogP contribution in [0.25, 0.3) is 0 Å². The molecule has 0 bridgehead atoms. The van der Waals surface area contributed by atoms with Crippen LogP contribution in [0.4, 0.5) is 18.9 Å². The largest absolute Gasteiger partial charge is 0.573 e. The molecule has 1 aromatic rings. The van der Waals surface area contributed by atoms with E-state index < -0.39 is 24.7 Å². The number of ether oxygens (including phenoxy) is 1. The van der Waals surface area contributed by atoms with Crippen molar-refractivity contribution in [3.8, 4) is 5.75 Å². The Morgan fingerprint density at radius 2 is 1.61 bits per heavy atom. The predicted octanol–water partition coefficient (Wildman–Crippen LogP) is 3.35. The molecule has 23 heavy (non-hydrogen) atoms. The van der Waals surface area contributed by atoms with E-state index in [2.05, 4.69) is 10.1 Å². The van der Waals surface area contributed by atoms with Gasteiger partial charge in [0.2, 0.25) is 0 Å². The van der Waals surface area contributed by atoms with Crippen LogP contribution >= 0.6 is 12.4 Å². The Morgan fingerprint density at radius 3 is 2.04 bits per heavy atom. The standard InChI is InChI=1S/C14H19BF3NO3.ClH/c1-12(2)13(3,4)22-15(21-12)10-7-6-9(8-11(10)19-5)20-14(16,17)18;/h6-8,19H,1-5H3;1H. The first kappa shape index (κ1) is 19.9. The van der Waals surface area contributed by atoms with Crippen molar-refractivity contribution in [3.63, 3.8) is 0 Å². The monoisotopic (exact) mass is 353 g/mol. The van der Waals surface area contributed by atoms with Gasteiger partial charge < -0.3 is 19.4 Å². The summed E-state index contributed by atoms with van der Waals surface area (Å²) < 4.78 is 52.6. The predicted molar refractivity (Wildman–Crippen MR) is 85.6 cm³/mol. The first-order valence-electron chi connectivity index (χ1n) is 6.88. The zero-order valence-corrected chi connectivity index (χ0v) is 14.4. The van der Waals surface area contributed by atoms with Gasteiger partial charge in [-0.3, -0.25) is 0 Å². The van der Waals surface area contributed by atoms with Gasteiger partial charge >= 0.3 is 13.5 Å². The van der Waals surface area contributed by atoms with E-state index in [-0.39, 0.29) is 18.2 Å². The highest BCUT2D eigenvalue weighted by Gasteiger charge is 2.52. The molecule has 130 valence electrons. The van der Waals surface area contributed by atoms with E-state index in [1.165, 1.54) is 18.2 Å². The maximum absolute atomic E-state index is 12.3. The summed E-state index contributed by atoms with van der Waals surface area (Å²) in [4.78, 5) is 0. The molecule has 2 rings (SSSR count). The lowest BCUT2D eigenvalue weighted by Crippen LogP contribution is -2.41. The fourth-order valence-corrected chi connectivity index (χ4v) is 2.12. The molecule has 0 aliphatic carbocycles. The number of rotatable bonds is 3. The van der Waals surface area contributed by atoms with Crippen molar-refractivity contribution in [2.45, 2.75) is 45.3 Å². The van der Waals surface area contributed by atoms with Gasteiger partial charge in [-0.1, -0.05) is 6.07 Å². The molecule has 0 saturated carbocycles. The van der Waals surface area contributed by atoms with E-state index in [0.29, 0.717) is 11.2 Å². The minimum absolute atomic E-state index is 0. The van der Waals surface area contributed by atoms with Crippen molar-refractivity contribution < 1.29 is 27.2 Å². The Kier molecular flexibility index (Phi) is 5.56. The van der Waals surface area contributed by atoms with Crippen LogP contribution in [0.1, 0.15) is 27.7 Å². The SMILES string of the molecule is CNc1cc(OC(F)(F)F)ccc1B1OC(C)(C)C(C)(C)O1.Cl. The number of hydrogen-bond donors (Lipinski definition) is 1. The van der Waals surface area contributed by atoms with Crippen molar-refractivity contribution in [2.24, 2.45) is 0 Å². The molecule has 1 fully saturated rings. The topological polar surface area (TPSA) is 39.7 Å². The molecule has 9 heteroatoms. The molecule has 0 radical (unpaired) electrons. The van der Waals surface area contributed by atoms with Crippen molar-refractivity contribution in [3.05, 3.63) is 18.2 Å². The van der Waals surface area contributed by atoms with Gasteiger partial charge in [-0.25, -0.2) is 0 Å². The third-order valence-electron chi connectivity index (χ3n) is 4.03. The smallest absolute Gasteiger partial charge is 0.406 e. The van der Waals surface area contributed by atoms with Gasteiger partial charge in [-0.2, -0.15) is 0 Å². The second kappa shape index (κ2) is 6.41. The van der Waals surface area contributed by atoms with E-state index in [9.17, 15) is 13.2 Å². The maximum Gasteiger partial charge on any atom is 0.573 e. The average molecular weight is 354 g/mol. The van der Waals surface area contributed by atoms with E-state index in [1.807, 2.05) is 27.7 Å². The summed E-state index contributed by atoms with van der Waals surface area (Å²) in [5, 5.41) is 2.85. The normalized spacial score (nSPS) is 19.2. The van der Waals surface area contributed by atoms with E-state index in [1.54, 1.807) is 7.05 Å². The zero-order valence-electron chi connectivity index (χ0n) is 13.6. The van der Waals surface area contributed by atoms with Crippen LogP contribution in [0.2, 0.25) is 0 Å². The van der Waals surface area contributed by atoms with E-state index in [4.69, 9.17) is 9.31 Å². The van der Waals surface area contributed by atoms with Crippen LogP contribution in [0.5, 0.6) is 5.75 Å². The van der Waals surface area contributed by atoms with Crippen molar-refractivity contribution in [2.75, 3.05) is 12.4 Å². The Morgan fingerprint density at radius 1 is 1.09 bits per heavy atom. The van der Waals surface area contributed by atoms with Gasteiger partial charge in [0.05, 0.1) is 11.2 Å². The Labute approximate surface area is 140 Å². The van der Waals surface area contributed by atoms with E-state index >= 15 is 0 Å². The second-order valence-electron chi connectivity index (χ2n) is 6.14. The molecule has 1 heterocycles. The summed E-state index contributed by atoms with van der Waals surface area (Å²) in [5.74, 6) is -0.294. The highest BCUT2D eigenvalue weighted by atomic mass is 35.5. The van der Waals surface area contributed by atoms with Gasteiger partial charge in [0.15, 0.2) is 0 Å². The molecule has 1 N–H and O–H groups in total. The quantitative estimate of drug-likeness (QED) is 0.846. The molecule has 4 nitrogen and oxygen atoms in total. The summed E-state index contributed by atoms with van der Waals surface area (Å²) in [5.41, 5.74) is 0.0316. The number of nitrogens with one attached hydrogen (secondary N) is 1. The molecule has 0 unspecified atom stereocenters. The van der Waals surface area contributed by atoms with Crippen LogP contribution in [0.3, 0.4) is 0 Å². The van der Waals surface area contributed by atoms with Crippen LogP contribution in [-0.2, 0) is 9.31 Å². The summed E-state index contributed by atoms with van der Waals surface area (Å²) in [6.45, 7) is 7.64. The Hall–Kier alpha value is -1.12. The lowest BCUT2D eigenvalue weighted by molar-refractivity contribution is -0.274. The summed E-state index contributed by atoms with van der Waals surface area (Å²) >= 11 is 0. The van der Waals surface area contributed by atoms with Crippen molar-refractivity contribution in [1.82, 2.24) is 0 Å². The molecule has 1 aromatic carbocycles. The molecule has 1 aliphatic rings. The highest BCUT2D eigenvalue weighted by molar-refractivity contribution is 6.64. The zero-order chi connectivity index (χ0) is 16.8. The maximum atomic E-state index is 12.3. The van der Waals surface area contributed by atoms with Gasteiger partial charge in [-0.15, -0.1) is 25.6 Å². The Bertz CT molecular complexity index is 551. The summed E-state index contributed by atoms with van der Waals surface area (Å²) in [6.07, 6.45) is -4.73. The van der Waals surface area contributed by atoms with Gasteiger partial charge in [0.25, 0.3) is 0 Å². The minimum atomic E-state index is -4.73. The number of halogens is 4. The molecule has 0 spiro atoms. The second-order valence-corrected chi connectivity index (χ2v) is 6.14. The molecule has 1 aliphatic heterocycles. The summed E-state index contributed by atoms with van der Waals surface area (Å²) in [6, 6.07) is 4.03. The molecule has 0 aromatic heterocycles. The first-order valence-corrected chi connectivity index (χ1v) is 6.88. The van der Waals surface area contributed by atoms with E-state index in [0.717, 1.165) is 0 Å². The van der Waals surface area contributed by atoms with Gasteiger partial charge in [-0.05, 0) is 33.8 Å². The van der Waals surface area contributed by atoms with Crippen molar-refractivity contribution in [1.29, 1.82) is 0 Å². The first-order chi connectivity index (χ1) is 9.95. The number of benzene rings is 1. The molecule has 0 atom stereocenters. The molecular weight excluding hydrogens is 333 g/mol. The summed E-state index contributed by atoms with van der Waals surface area (Å²) in [7, 11) is 0.953. The number of hydrogen-bond acceptors (Lipinski definition) is 4. The van der Waals surface area contributed by atoms with Crippen LogP contribution in [-0.4, -0.2) is 31.7 Å². The lowest BCUT2D eigenvalue weighted by atomic mass is 9.77. The fourth-order valence-electron chi connectivity index (χ4n) is 2.12. The molecular formula is C14H20BClF3NO3. The van der Waals surface area contributed by atoms with Gasteiger partial charge in [0.1, 0.15) is 5.75 Å². The van der Waals surface area contributed by atoms with Crippen LogP contribution in [0, 0.1) is 0 Å². The van der Waals surface area contributed by atoms with Crippen LogP contribution < -0.4 is 15.5 Å². The Balaban J connectivity index is 0.00000264. The molecule has 1 saturated heterocycles. The number of anilines is 1. The third kappa shape index (κ3) is 4.25. The fraction of sp³-hybridized carbons (Fsp3) is 0.571. The van der Waals surface area contributed by atoms with Crippen LogP contribution in [0.15, 0.2) is 18.2 Å².